The van der Waals surface area contributed by atoms with Crippen LogP contribution in [0.4, 0.5) is 11.5 Å². The molecule has 0 saturated carbocycles. The molecular formula is C26H32N7O2P. The maximum absolute atomic E-state index is 13.4. The van der Waals surface area contributed by atoms with Crippen LogP contribution in [0.25, 0.3) is 16.9 Å². The zero-order chi connectivity index (χ0) is 25.6. The first-order valence-corrected chi connectivity index (χ1v) is 12.6. The standard InChI is InChI=1S/C26H32N7O2P/c1-17-12-22(36)21(30(5)25(34)20-15-33(16-28-20)26(2,3)4)13-18(17)19-14-32-7-6-27-23(32)24(29-19)31-8-10-35-11-9-31/h6-7,12-16H,8-11,36H2,1-5H3. The highest BCUT2D eigenvalue weighted by molar-refractivity contribution is 7.28. The molecule has 10 heteroatoms. The van der Waals surface area contributed by atoms with E-state index in [0.29, 0.717) is 18.9 Å². The van der Waals surface area contributed by atoms with E-state index in [1.54, 1.807) is 30.7 Å². The van der Waals surface area contributed by atoms with Gasteiger partial charge in [0.15, 0.2) is 11.5 Å². The van der Waals surface area contributed by atoms with Crippen LogP contribution >= 0.6 is 9.24 Å². The predicted octanol–water partition coefficient (Wildman–Crippen LogP) is 3.27. The number of nitrogens with zero attached hydrogens (tertiary/aromatic N) is 7. The number of morpholine rings is 1. The fourth-order valence-corrected chi connectivity index (χ4v) is 4.93. The molecule has 5 rings (SSSR count). The van der Waals surface area contributed by atoms with Crippen LogP contribution in [0, 0.1) is 6.92 Å². The van der Waals surface area contributed by atoms with E-state index in [2.05, 4.69) is 57.9 Å². The Morgan fingerprint density at radius 1 is 1.14 bits per heavy atom. The smallest absolute Gasteiger partial charge is 0.278 e. The molecule has 36 heavy (non-hydrogen) atoms. The topological polar surface area (TPSA) is 80.8 Å². The summed E-state index contributed by atoms with van der Waals surface area (Å²) in [5, 5.41) is 0.930. The van der Waals surface area contributed by atoms with Crippen molar-refractivity contribution in [3.05, 3.63) is 54.5 Å². The number of imidazole rings is 2. The first kappa shape index (κ1) is 24.4. The van der Waals surface area contributed by atoms with Crippen molar-refractivity contribution < 1.29 is 9.53 Å². The predicted molar refractivity (Wildman–Crippen MR) is 145 cm³/mol. The molecule has 0 radical (unpaired) electrons. The highest BCUT2D eigenvalue weighted by atomic mass is 31.0. The van der Waals surface area contributed by atoms with Gasteiger partial charge >= 0.3 is 0 Å². The normalized spacial score (nSPS) is 14.4. The van der Waals surface area contributed by atoms with Crippen LogP contribution in [0.15, 0.2) is 43.2 Å². The lowest BCUT2D eigenvalue weighted by Gasteiger charge is -2.28. The van der Waals surface area contributed by atoms with Gasteiger partial charge < -0.3 is 23.5 Å². The van der Waals surface area contributed by atoms with E-state index in [1.165, 1.54) is 0 Å². The van der Waals surface area contributed by atoms with Crippen molar-refractivity contribution in [3.8, 4) is 11.3 Å². The number of aryl methyl sites for hydroxylation is 1. The summed E-state index contributed by atoms with van der Waals surface area (Å²) in [5.74, 6) is 0.678. The van der Waals surface area contributed by atoms with Crippen LogP contribution < -0.4 is 15.1 Å². The van der Waals surface area contributed by atoms with Gasteiger partial charge in [0, 0.05) is 56.0 Å². The molecule has 0 bridgehead atoms. The quantitative estimate of drug-likeness (QED) is 0.396. The van der Waals surface area contributed by atoms with Gasteiger partial charge in [0.1, 0.15) is 5.69 Å². The van der Waals surface area contributed by atoms with E-state index in [0.717, 1.165) is 52.4 Å². The Morgan fingerprint density at radius 2 is 1.89 bits per heavy atom. The van der Waals surface area contributed by atoms with Crippen LogP contribution in [0.3, 0.4) is 0 Å². The molecule has 1 saturated heterocycles. The maximum Gasteiger partial charge on any atom is 0.278 e. The number of hydrogen-bond donors (Lipinski definition) is 0. The second-order valence-electron chi connectivity index (χ2n) is 10.1. The van der Waals surface area contributed by atoms with Gasteiger partial charge in [-0.3, -0.25) is 4.79 Å². The molecule has 3 aromatic heterocycles. The van der Waals surface area contributed by atoms with Gasteiger partial charge in [-0.05, 0) is 50.7 Å². The van der Waals surface area contributed by atoms with Crippen molar-refractivity contribution in [1.82, 2.24) is 23.9 Å². The van der Waals surface area contributed by atoms with Crippen LogP contribution in [0.2, 0.25) is 0 Å². The molecule has 1 aromatic carbocycles. The van der Waals surface area contributed by atoms with Crippen LogP contribution in [-0.4, -0.2) is 63.2 Å². The van der Waals surface area contributed by atoms with Crippen molar-refractivity contribution in [2.24, 2.45) is 0 Å². The van der Waals surface area contributed by atoms with Crippen LogP contribution in [-0.2, 0) is 10.3 Å². The number of anilines is 2. The summed E-state index contributed by atoms with van der Waals surface area (Å²) in [6, 6.07) is 4.10. The highest BCUT2D eigenvalue weighted by Gasteiger charge is 2.23. The van der Waals surface area contributed by atoms with Gasteiger partial charge in [-0.15, -0.1) is 9.24 Å². The third-order valence-electron chi connectivity index (χ3n) is 6.56. The lowest BCUT2D eigenvalue weighted by atomic mass is 10.0. The Kier molecular flexibility index (Phi) is 6.30. The molecule has 1 aliphatic heterocycles. The molecule has 9 nitrogen and oxygen atoms in total. The molecule has 1 fully saturated rings. The Bertz CT molecular complexity index is 1430. The summed E-state index contributed by atoms with van der Waals surface area (Å²) >= 11 is 0. The number of benzene rings is 1. The number of aromatic nitrogens is 5. The van der Waals surface area contributed by atoms with Crippen LogP contribution in [0.1, 0.15) is 36.8 Å². The second kappa shape index (κ2) is 9.30. The minimum Gasteiger partial charge on any atom is -0.378 e. The third-order valence-corrected chi connectivity index (χ3v) is 7.02. The van der Waals surface area contributed by atoms with E-state index in [4.69, 9.17) is 9.72 Å². The fourth-order valence-electron chi connectivity index (χ4n) is 4.40. The number of carbonyl (C=O) groups is 1. The Balaban J connectivity index is 1.55. The number of amides is 1. The molecule has 1 atom stereocenters. The third kappa shape index (κ3) is 4.49. The second-order valence-corrected chi connectivity index (χ2v) is 10.8. The minimum absolute atomic E-state index is 0.150. The molecule has 188 valence electrons. The monoisotopic (exact) mass is 505 g/mol. The molecule has 4 aromatic rings. The Labute approximate surface area is 213 Å². The van der Waals surface area contributed by atoms with Crippen LogP contribution in [0.5, 0.6) is 0 Å². The van der Waals surface area contributed by atoms with Crippen molar-refractivity contribution in [3.63, 3.8) is 0 Å². The van der Waals surface area contributed by atoms with Gasteiger partial charge in [0.25, 0.3) is 5.91 Å². The summed E-state index contributed by atoms with van der Waals surface area (Å²) in [6.45, 7) is 11.2. The lowest BCUT2D eigenvalue weighted by Crippen LogP contribution is -2.37. The Hall–Kier alpha value is -3.29. The number of hydrogen-bond acceptors (Lipinski definition) is 6. The average molecular weight is 506 g/mol. The molecule has 0 N–H and O–H groups in total. The summed E-state index contributed by atoms with van der Waals surface area (Å²) in [4.78, 5) is 31.2. The van der Waals surface area contributed by atoms with Gasteiger partial charge in [0.2, 0.25) is 0 Å². The molecular weight excluding hydrogens is 473 g/mol. The van der Waals surface area contributed by atoms with E-state index in [-0.39, 0.29) is 11.4 Å². The van der Waals surface area contributed by atoms with Gasteiger partial charge in [0.05, 0.1) is 30.9 Å². The number of rotatable bonds is 4. The van der Waals surface area contributed by atoms with Crippen molar-refractivity contribution in [2.45, 2.75) is 33.2 Å². The summed E-state index contributed by atoms with van der Waals surface area (Å²) in [5.41, 5.74) is 4.72. The largest absolute Gasteiger partial charge is 0.378 e. The van der Waals surface area contributed by atoms with E-state index >= 15 is 0 Å². The summed E-state index contributed by atoms with van der Waals surface area (Å²) in [7, 11) is 4.54. The summed E-state index contributed by atoms with van der Waals surface area (Å²) in [6.07, 6.45) is 9.23. The highest BCUT2D eigenvalue weighted by Crippen LogP contribution is 2.30. The van der Waals surface area contributed by atoms with E-state index in [9.17, 15) is 4.79 Å². The van der Waals surface area contributed by atoms with Crippen molar-refractivity contribution in [2.75, 3.05) is 43.2 Å². The van der Waals surface area contributed by atoms with Gasteiger partial charge in [-0.1, -0.05) is 0 Å². The lowest BCUT2D eigenvalue weighted by molar-refractivity contribution is 0.0988. The molecule has 1 amide bonds. The molecule has 1 aliphatic rings. The van der Waals surface area contributed by atoms with Crippen molar-refractivity contribution in [1.29, 1.82) is 0 Å². The average Bonchev–Trinajstić information content (AvgIpc) is 3.53. The molecule has 4 heterocycles. The van der Waals surface area contributed by atoms with E-state index < -0.39 is 0 Å². The van der Waals surface area contributed by atoms with E-state index in [1.807, 2.05) is 27.4 Å². The zero-order valence-corrected chi connectivity index (χ0v) is 22.5. The van der Waals surface area contributed by atoms with Gasteiger partial charge in [-0.25, -0.2) is 15.0 Å². The SMILES string of the molecule is Cc1cc(P)c(N(C)C(=O)c2cn(C(C)(C)C)cn2)cc1-c1cn2ccnc2c(N2CCOCC2)n1. The number of fused-ring (bicyclic) bond motifs is 1. The Morgan fingerprint density at radius 3 is 2.58 bits per heavy atom. The number of ether oxygens (including phenoxy) is 1. The molecule has 0 aliphatic carbocycles. The molecule has 0 spiro atoms. The first-order valence-electron chi connectivity index (χ1n) is 12.0. The fraction of sp³-hybridized carbons (Fsp3) is 0.385. The number of carbonyl (C=O) groups excluding carboxylic acids is 1. The van der Waals surface area contributed by atoms with Crippen molar-refractivity contribution >= 4 is 37.6 Å². The maximum atomic E-state index is 13.4. The minimum atomic E-state index is -0.163. The molecule has 1 unspecified atom stereocenters. The first-order chi connectivity index (χ1) is 17.1. The zero-order valence-electron chi connectivity index (χ0n) is 21.4. The van der Waals surface area contributed by atoms with Gasteiger partial charge in [-0.2, -0.15) is 0 Å². The summed E-state index contributed by atoms with van der Waals surface area (Å²) < 4.78 is 9.50.